The first-order chi connectivity index (χ1) is 11.0. The molecule has 0 radical (unpaired) electrons. The maximum atomic E-state index is 11.8. The lowest BCUT2D eigenvalue weighted by atomic mass is 9.78. The molecule has 2 aliphatic rings. The topological polar surface area (TPSA) is 81.4 Å². The molecular formula is C17H18N2O3S. The number of aliphatic hydroxyl groups excluding tert-OH is 1. The molecule has 0 aromatic heterocycles. The second kappa shape index (κ2) is 5.98. The highest BCUT2D eigenvalue weighted by molar-refractivity contribution is 7.88. The Morgan fingerprint density at radius 2 is 1.96 bits per heavy atom. The number of hydrogen-bond donors (Lipinski definition) is 1. The average molecular weight is 330 g/mol. The monoisotopic (exact) mass is 330 g/mol. The Morgan fingerprint density at radius 3 is 2.43 bits per heavy atom. The summed E-state index contributed by atoms with van der Waals surface area (Å²) in [6.07, 6.45) is 3.42. The van der Waals surface area contributed by atoms with Gasteiger partial charge < -0.3 is 5.11 Å². The van der Waals surface area contributed by atoms with Crippen LogP contribution in [0.3, 0.4) is 0 Å². The Labute approximate surface area is 136 Å². The molecule has 5 nitrogen and oxygen atoms in total. The number of sulfonamides is 1. The van der Waals surface area contributed by atoms with Gasteiger partial charge in [-0.25, -0.2) is 8.42 Å². The Balaban J connectivity index is 1.83. The Bertz CT molecular complexity index is 795. The lowest BCUT2D eigenvalue weighted by molar-refractivity contribution is 0.0564. The van der Waals surface area contributed by atoms with E-state index in [1.807, 2.05) is 30.3 Å². The molecule has 1 aliphatic heterocycles. The summed E-state index contributed by atoms with van der Waals surface area (Å²) in [5.41, 5.74) is 1.77. The lowest BCUT2D eigenvalue weighted by Crippen LogP contribution is -2.64. The molecule has 23 heavy (non-hydrogen) atoms. The number of hydrogen-bond acceptors (Lipinski definition) is 4. The number of rotatable bonds is 3. The molecule has 6 heteroatoms. The molecule has 3 atom stereocenters. The van der Waals surface area contributed by atoms with Crippen LogP contribution in [0.1, 0.15) is 29.9 Å². The van der Waals surface area contributed by atoms with Gasteiger partial charge >= 0.3 is 0 Å². The highest BCUT2D eigenvalue weighted by Crippen LogP contribution is 2.41. The van der Waals surface area contributed by atoms with Crippen LogP contribution in [0, 0.1) is 29.1 Å². The van der Waals surface area contributed by atoms with Gasteiger partial charge in [0.25, 0.3) is 0 Å². The smallest absolute Gasteiger partial charge is 0.212 e. The van der Waals surface area contributed by atoms with Gasteiger partial charge in [-0.2, -0.15) is 9.57 Å². The van der Waals surface area contributed by atoms with Crippen LogP contribution in [-0.2, 0) is 10.0 Å². The summed E-state index contributed by atoms with van der Waals surface area (Å²) in [6.45, 7) is -0.306. The van der Waals surface area contributed by atoms with Gasteiger partial charge in [-0.15, -0.1) is 0 Å². The molecule has 2 fully saturated rings. The number of nitriles is 1. The van der Waals surface area contributed by atoms with Crippen LogP contribution in [0.4, 0.5) is 0 Å². The molecule has 1 N–H and O–H groups in total. The van der Waals surface area contributed by atoms with E-state index in [0.29, 0.717) is 5.92 Å². The number of benzene rings is 1. The predicted molar refractivity (Wildman–Crippen MR) is 85.7 cm³/mol. The van der Waals surface area contributed by atoms with Gasteiger partial charge in [-0.05, 0) is 30.5 Å². The zero-order chi connectivity index (χ0) is 16.6. The zero-order valence-electron chi connectivity index (χ0n) is 12.8. The van der Waals surface area contributed by atoms with E-state index in [2.05, 4.69) is 11.8 Å². The SMILES string of the molecule is CS(=O)(=O)N1[C@H](C#N)[C@@H](c2ccc(C#CC3CC3)cc2)[C@H]1CO. The molecule has 1 aromatic rings. The third-order valence-electron chi connectivity index (χ3n) is 4.35. The van der Waals surface area contributed by atoms with Gasteiger partial charge in [0, 0.05) is 17.4 Å². The van der Waals surface area contributed by atoms with Crippen molar-refractivity contribution < 1.29 is 13.5 Å². The molecule has 1 aliphatic carbocycles. The molecule has 0 amide bonds. The summed E-state index contributed by atoms with van der Waals surface area (Å²) >= 11 is 0. The van der Waals surface area contributed by atoms with Crippen LogP contribution in [0.5, 0.6) is 0 Å². The van der Waals surface area contributed by atoms with E-state index in [9.17, 15) is 18.8 Å². The van der Waals surface area contributed by atoms with Crippen molar-refractivity contribution in [3.8, 4) is 17.9 Å². The quantitative estimate of drug-likeness (QED) is 0.840. The van der Waals surface area contributed by atoms with Crippen molar-refractivity contribution in [1.29, 1.82) is 5.26 Å². The standard InChI is InChI=1S/C17H18N2O3S/c1-23(21,22)19-15(10-18)17(16(19)11-20)14-8-6-13(7-9-14)5-4-12-2-3-12/h6-9,12,15-17,20H,2-3,11H2,1H3/t15-,16-,17-/m1/s1. The largest absolute Gasteiger partial charge is 0.395 e. The molecule has 3 rings (SSSR count). The van der Waals surface area contributed by atoms with Gasteiger partial charge in [-0.1, -0.05) is 24.0 Å². The van der Waals surface area contributed by atoms with Crippen LogP contribution >= 0.6 is 0 Å². The second-order valence-electron chi connectivity index (χ2n) is 6.11. The Kier molecular flexibility index (Phi) is 4.16. The summed E-state index contributed by atoms with van der Waals surface area (Å²) in [5.74, 6) is 6.53. The summed E-state index contributed by atoms with van der Waals surface area (Å²) in [5, 5.41) is 18.8. The van der Waals surface area contributed by atoms with Crippen molar-refractivity contribution in [2.24, 2.45) is 5.92 Å². The molecule has 0 unspecified atom stereocenters. The third-order valence-corrected chi connectivity index (χ3v) is 5.62. The maximum absolute atomic E-state index is 11.8. The van der Waals surface area contributed by atoms with E-state index in [-0.39, 0.29) is 12.5 Å². The first kappa shape index (κ1) is 16.0. The van der Waals surface area contributed by atoms with Crippen molar-refractivity contribution in [2.45, 2.75) is 30.8 Å². The highest BCUT2D eigenvalue weighted by atomic mass is 32.2. The van der Waals surface area contributed by atoms with Crippen molar-refractivity contribution in [3.63, 3.8) is 0 Å². The van der Waals surface area contributed by atoms with Gasteiger partial charge in [-0.3, -0.25) is 0 Å². The van der Waals surface area contributed by atoms with Crippen LogP contribution in [0.15, 0.2) is 24.3 Å². The van der Waals surface area contributed by atoms with E-state index in [1.54, 1.807) is 0 Å². The van der Waals surface area contributed by atoms with E-state index in [4.69, 9.17) is 0 Å². The summed E-state index contributed by atoms with van der Waals surface area (Å²) in [6, 6.07) is 8.19. The van der Waals surface area contributed by atoms with Crippen LogP contribution in [0.25, 0.3) is 0 Å². The fourth-order valence-electron chi connectivity index (χ4n) is 3.02. The summed E-state index contributed by atoms with van der Waals surface area (Å²) in [7, 11) is -3.52. The molecule has 1 heterocycles. The molecule has 0 spiro atoms. The zero-order valence-corrected chi connectivity index (χ0v) is 13.6. The van der Waals surface area contributed by atoms with Crippen LogP contribution in [-0.4, -0.2) is 42.8 Å². The van der Waals surface area contributed by atoms with E-state index in [1.165, 1.54) is 12.8 Å². The minimum absolute atomic E-state index is 0.306. The second-order valence-corrected chi connectivity index (χ2v) is 8.00. The summed E-state index contributed by atoms with van der Waals surface area (Å²) < 4.78 is 24.7. The fourth-order valence-corrected chi connectivity index (χ4v) is 4.30. The average Bonchev–Trinajstić information content (AvgIpc) is 3.29. The normalized spacial score (nSPS) is 27.4. The van der Waals surface area contributed by atoms with Gasteiger partial charge in [0.05, 0.1) is 25.0 Å². The first-order valence-corrected chi connectivity index (χ1v) is 9.41. The number of aliphatic hydroxyl groups is 1. The van der Waals surface area contributed by atoms with Gasteiger partial charge in [0.1, 0.15) is 6.04 Å². The first-order valence-electron chi connectivity index (χ1n) is 7.56. The van der Waals surface area contributed by atoms with E-state index >= 15 is 0 Å². The molecule has 0 bridgehead atoms. The highest BCUT2D eigenvalue weighted by Gasteiger charge is 2.53. The van der Waals surface area contributed by atoms with Crippen molar-refractivity contribution >= 4 is 10.0 Å². The minimum atomic E-state index is -3.52. The van der Waals surface area contributed by atoms with Crippen LogP contribution < -0.4 is 0 Å². The van der Waals surface area contributed by atoms with Gasteiger partial charge in [0.15, 0.2) is 0 Å². The Morgan fingerprint density at radius 1 is 1.30 bits per heavy atom. The Hall–Kier alpha value is -1.86. The van der Waals surface area contributed by atoms with E-state index < -0.39 is 22.1 Å². The number of nitrogens with zero attached hydrogens (tertiary/aromatic N) is 2. The van der Waals surface area contributed by atoms with Gasteiger partial charge in [0.2, 0.25) is 10.0 Å². The minimum Gasteiger partial charge on any atom is -0.395 e. The van der Waals surface area contributed by atoms with E-state index in [0.717, 1.165) is 21.7 Å². The van der Waals surface area contributed by atoms with Crippen molar-refractivity contribution in [1.82, 2.24) is 4.31 Å². The molecule has 1 aromatic carbocycles. The van der Waals surface area contributed by atoms with Crippen molar-refractivity contribution in [2.75, 3.05) is 12.9 Å². The summed E-state index contributed by atoms with van der Waals surface area (Å²) in [4.78, 5) is 0. The molecule has 120 valence electrons. The lowest BCUT2D eigenvalue weighted by Gasteiger charge is -2.49. The van der Waals surface area contributed by atoms with Crippen LogP contribution in [0.2, 0.25) is 0 Å². The fraction of sp³-hybridized carbons (Fsp3) is 0.471. The van der Waals surface area contributed by atoms with Crippen molar-refractivity contribution in [3.05, 3.63) is 35.4 Å². The third kappa shape index (κ3) is 3.11. The maximum Gasteiger partial charge on any atom is 0.212 e. The molecule has 1 saturated heterocycles. The molecular weight excluding hydrogens is 312 g/mol. The molecule has 1 saturated carbocycles. The predicted octanol–water partition coefficient (Wildman–Crippen LogP) is 1.06.